The molecule has 1 amide bonds. The summed E-state index contributed by atoms with van der Waals surface area (Å²) in [5.41, 5.74) is 3.32. The number of benzene rings is 2. The summed E-state index contributed by atoms with van der Waals surface area (Å²) in [4.78, 5) is 23.7. The minimum Gasteiger partial charge on any atom is -0.452 e. The van der Waals surface area contributed by atoms with Crippen molar-refractivity contribution in [1.29, 1.82) is 0 Å². The summed E-state index contributed by atoms with van der Waals surface area (Å²) in [6, 6.07) is 14.6. The lowest BCUT2D eigenvalue weighted by Gasteiger charge is -2.07. The van der Waals surface area contributed by atoms with Gasteiger partial charge < -0.3 is 10.1 Å². The predicted octanol–water partition coefficient (Wildman–Crippen LogP) is 3.65. The average Bonchev–Trinajstić information content (AvgIpc) is 2.54. The van der Waals surface area contributed by atoms with Gasteiger partial charge in [0, 0.05) is 11.4 Å². The Kier molecular flexibility index (Phi) is 6.23. The number of esters is 1. The van der Waals surface area contributed by atoms with Crippen LogP contribution in [0.1, 0.15) is 21.5 Å². The van der Waals surface area contributed by atoms with Crippen molar-refractivity contribution in [2.24, 2.45) is 0 Å². The summed E-state index contributed by atoms with van der Waals surface area (Å²) in [6.45, 7) is 1.63. The van der Waals surface area contributed by atoms with Gasteiger partial charge in [-0.05, 0) is 48.6 Å². The van der Waals surface area contributed by atoms with Crippen LogP contribution in [0.4, 0.5) is 5.69 Å². The van der Waals surface area contributed by atoms with Crippen LogP contribution in [-0.4, -0.2) is 24.7 Å². The van der Waals surface area contributed by atoms with Crippen molar-refractivity contribution in [2.45, 2.75) is 12.7 Å². The van der Waals surface area contributed by atoms with Gasteiger partial charge in [-0.3, -0.25) is 4.79 Å². The SMILES string of the molecule is CSCc1ccc(C(=O)OCC(=O)Nc2cccc(C)c2)cc1. The number of hydrogen-bond acceptors (Lipinski definition) is 4. The first-order chi connectivity index (χ1) is 11.1. The van der Waals surface area contributed by atoms with Gasteiger partial charge >= 0.3 is 5.97 Å². The summed E-state index contributed by atoms with van der Waals surface area (Å²) in [6.07, 6.45) is 2.02. The van der Waals surface area contributed by atoms with Crippen molar-refractivity contribution in [2.75, 3.05) is 18.2 Å². The van der Waals surface area contributed by atoms with E-state index < -0.39 is 5.97 Å². The van der Waals surface area contributed by atoms with E-state index in [4.69, 9.17) is 4.74 Å². The third-order valence-electron chi connectivity index (χ3n) is 3.14. The third-order valence-corrected chi connectivity index (χ3v) is 3.76. The number of amides is 1. The molecule has 5 heteroatoms. The molecule has 0 unspecified atom stereocenters. The highest BCUT2D eigenvalue weighted by molar-refractivity contribution is 7.97. The number of carbonyl (C=O) groups excluding carboxylic acids is 2. The highest BCUT2D eigenvalue weighted by Crippen LogP contribution is 2.12. The van der Waals surface area contributed by atoms with Crippen LogP contribution >= 0.6 is 11.8 Å². The van der Waals surface area contributed by atoms with Gasteiger partial charge in [0.25, 0.3) is 5.91 Å². The van der Waals surface area contributed by atoms with E-state index in [0.717, 1.165) is 16.9 Å². The van der Waals surface area contributed by atoms with Crippen LogP contribution in [-0.2, 0) is 15.3 Å². The van der Waals surface area contributed by atoms with Crippen LogP contribution in [0, 0.1) is 6.92 Å². The van der Waals surface area contributed by atoms with Gasteiger partial charge in [-0.2, -0.15) is 11.8 Å². The molecule has 2 aromatic carbocycles. The number of thioether (sulfide) groups is 1. The van der Waals surface area contributed by atoms with Gasteiger partial charge in [0.2, 0.25) is 0 Å². The Morgan fingerprint density at radius 1 is 1.13 bits per heavy atom. The third kappa shape index (κ3) is 5.45. The van der Waals surface area contributed by atoms with E-state index in [1.807, 2.05) is 43.5 Å². The van der Waals surface area contributed by atoms with Crippen LogP contribution in [0.25, 0.3) is 0 Å². The first-order valence-electron chi connectivity index (χ1n) is 7.20. The van der Waals surface area contributed by atoms with Crippen LogP contribution in [0.2, 0.25) is 0 Å². The first kappa shape index (κ1) is 17.1. The standard InChI is InChI=1S/C18H19NO3S/c1-13-4-3-5-16(10-13)19-17(20)11-22-18(21)15-8-6-14(7-9-15)12-23-2/h3-10H,11-12H2,1-2H3,(H,19,20). The van der Waals surface area contributed by atoms with Crippen molar-refractivity contribution in [1.82, 2.24) is 0 Å². The second-order valence-electron chi connectivity index (χ2n) is 5.12. The zero-order valence-electron chi connectivity index (χ0n) is 13.2. The molecule has 0 fully saturated rings. The molecule has 0 bridgehead atoms. The maximum atomic E-state index is 11.9. The first-order valence-corrected chi connectivity index (χ1v) is 8.59. The second kappa shape index (κ2) is 8.39. The van der Waals surface area contributed by atoms with Gasteiger partial charge in [-0.15, -0.1) is 0 Å². The summed E-state index contributed by atoms with van der Waals surface area (Å²) >= 11 is 1.72. The van der Waals surface area contributed by atoms with Crippen molar-refractivity contribution in [3.8, 4) is 0 Å². The fraction of sp³-hybridized carbons (Fsp3) is 0.222. The van der Waals surface area contributed by atoms with Gasteiger partial charge in [0.05, 0.1) is 5.56 Å². The van der Waals surface area contributed by atoms with E-state index in [2.05, 4.69) is 5.32 Å². The second-order valence-corrected chi connectivity index (χ2v) is 5.99. The number of ether oxygens (including phenoxy) is 1. The normalized spacial score (nSPS) is 10.2. The van der Waals surface area contributed by atoms with Gasteiger partial charge in [-0.25, -0.2) is 4.79 Å². The molecule has 0 spiro atoms. The molecule has 0 aliphatic rings. The Morgan fingerprint density at radius 3 is 2.52 bits per heavy atom. The van der Waals surface area contributed by atoms with Crippen LogP contribution < -0.4 is 5.32 Å². The number of aryl methyl sites for hydroxylation is 1. The lowest BCUT2D eigenvalue weighted by molar-refractivity contribution is -0.119. The van der Waals surface area contributed by atoms with E-state index >= 15 is 0 Å². The van der Waals surface area contributed by atoms with Crippen molar-refractivity contribution < 1.29 is 14.3 Å². The van der Waals surface area contributed by atoms with E-state index in [-0.39, 0.29) is 12.5 Å². The van der Waals surface area contributed by atoms with E-state index in [0.29, 0.717) is 11.3 Å². The minimum absolute atomic E-state index is 0.306. The molecule has 0 aromatic heterocycles. The summed E-state index contributed by atoms with van der Waals surface area (Å²) in [7, 11) is 0. The Balaban J connectivity index is 1.84. The number of carbonyl (C=O) groups is 2. The van der Waals surface area contributed by atoms with E-state index in [9.17, 15) is 9.59 Å². The van der Waals surface area contributed by atoms with Crippen molar-refractivity contribution in [3.63, 3.8) is 0 Å². The lowest BCUT2D eigenvalue weighted by Crippen LogP contribution is -2.20. The fourth-order valence-electron chi connectivity index (χ4n) is 2.04. The number of rotatable bonds is 6. The Labute approximate surface area is 140 Å². The minimum atomic E-state index is -0.500. The molecular weight excluding hydrogens is 310 g/mol. The Bertz CT molecular complexity index is 683. The molecule has 0 aliphatic heterocycles. The lowest BCUT2D eigenvalue weighted by atomic mass is 10.1. The highest BCUT2D eigenvalue weighted by Gasteiger charge is 2.10. The summed E-state index contributed by atoms with van der Waals surface area (Å²) in [5.74, 6) is 0.0388. The molecular formula is C18H19NO3S. The van der Waals surface area contributed by atoms with E-state index in [1.54, 1.807) is 30.0 Å². The summed E-state index contributed by atoms with van der Waals surface area (Å²) < 4.78 is 5.04. The molecule has 0 radical (unpaired) electrons. The predicted molar refractivity (Wildman–Crippen MR) is 93.8 cm³/mol. The Hall–Kier alpha value is -2.27. The number of anilines is 1. The van der Waals surface area contributed by atoms with Crippen molar-refractivity contribution >= 4 is 29.3 Å². The quantitative estimate of drug-likeness (QED) is 0.822. The Morgan fingerprint density at radius 2 is 1.87 bits per heavy atom. The summed E-state index contributed by atoms with van der Waals surface area (Å²) in [5, 5.41) is 2.70. The molecule has 0 atom stereocenters. The maximum Gasteiger partial charge on any atom is 0.338 e. The largest absolute Gasteiger partial charge is 0.452 e. The van der Waals surface area contributed by atoms with Gasteiger partial charge in [0.1, 0.15) is 0 Å². The molecule has 120 valence electrons. The average molecular weight is 329 g/mol. The van der Waals surface area contributed by atoms with E-state index in [1.165, 1.54) is 0 Å². The van der Waals surface area contributed by atoms with Crippen LogP contribution in [0.5, 0.6) is 0 Å². The maximum absolute atomic E-state index is 11.9. The van der Waals surface area contributed by atoms with Gasteiger partial charge in [0.15, 0.2) is 6.61 Å². The smallest absolute Gasteiger partial charge is 0.338 e. The topological polar surface area (TPSA) is 55.4 Å². The van der Waals surface area contributed by atoms with Crippen LogP contribution in [0.3, 0.4) is 0 Å². The number of hydrogen-bond donors (Lipinski definition) is 1. The number of nitrogens with one attached hydrogen (secondary N) is 1. The monoisotopic (exact) mass is 329 g/mol. The molecule has 2 rings (SSSR count). The molecule has 2 aromatic rings. The molecule has 0 saturated carbocycles. The molecule has 4 nitrogen and oxygen atoms in total. The van der Waals surface area contributed by atoms with Crippen LogP contribution in [0.15, 0.2) is 48.5 Å². The molecule has 1 N–H and O–H groups in total. The van der Waals surface area contributed by atoms with Gasteiger partial charge in [-0.1, -0.05) is 24.3 Å². The molecule has 0 saturated heterocycles. The van der Waals surface area contributed by atoms with Crippen molar-refractivity contribution in [3.05, 3.63) is 65.2 Å². The fourth-order valence-corrected chi connectivity index (χ4v) is 2.56. The molecule has 0 heterocycles. The highest BCUT2D eigenvalue weighted by atomic mass is 32.2. The molecule has 0 aliphatic carbocycles. The zero-order chi connectivity index (χ0) is 16.7. The molecule has 23 heavy (non-hydrogen) atoms. The zero-order valence-corrected chi connectivity index (χ0v) is 14.0.